The van der Waals surface area contributed by atoms with E-state index in [1.807, 2.05) is 6.08 Å². The zero-order valence-electron chi connectivity index (χ0n) is 15.1. The summed E-state index contributed by atoms with van der Waals surface area (Å²) >= 11 is 0. The molecular formula is C19H40ClNO2. The van der Waals surface area contributed by atoms with Crippen LogP contribution in [0, 0.1) is 0 Å². The van der Waals surface area contributed by atoms with Crippen LogP contribution in [0.5, 0.6) is 0 Å². The molecule has 140 valence electrons. The lowest BCUT2D eigenvalue weighted by Crippen LogP contribution is -3.13. The number of aliphatic hydroxyl groups is 2. The van der Waals surface area contributed by atoms with Crippen LogP contribution in [0.4, 0.5) is 0 Å². The van der Waals surface area contributed by atoms with E-state index in [9.17, 15) is 0 Å². The number of rotatable bonds is 18. The van der Waals surface area contributed by atoms with E-state index < -0.39 is 0 Å². The average molecular weight is 350 g/mol. The van der Waals surface area contributed by atoms with Crippen LogP contribution in [0.2, 0.25) is 0 Å². The smallest absolute Gasteiger partial charge is 0.101 e. The molecule has 0 atom stereocenters. The molecule has 3 nitrogen and oxygen atoms in total. The van der Waals surface area contributed by atoms with Crippen molar-refractivity contribution in [3.05, 3.63) is 12.7 Å². The van der Waals surface area contributed by atoms with Crippen molar-refractivity contribution < 1.29 is 27.5 Å². The number of halogens is 1. The molecule has 0 aromatic rings. The molecule has 0 saturated carbocycles. The molecule has 0 amide bonds. The highest BCUT2D eigenvalue weighted by atomic mass is 35.5. The minimum Gasteiger partial charge on any atom is -1.00 e. The number of allylic oxidation sites excluding steroid dienone is 1. The summed E-state index contributed by atoms with van der Waals surface area (Å²) in [6.45, 7) is 6.84. The molecule has 0 spiro atoms. The van der Waals surface area contributed by atoms with E-state index in [2.05, 4.69) is 6.58 Å². The molecule has 0 radical (unpaired) electrons. The number of hydrogen-bond acceptors (Lipinski definition) is 2. The van der Waals surface area contributed by atoms with Gasteiger partial charge in [0.05, 0.1) is 19.8 Å². The van der Waals surface area contributed by atoms with Gasteiger partial charge in [0.15, 0.2) is 0 Å². The average Bonchev–Trinajstić information content (AvgIpc) is 2.52. The first-order valence-corrected chi connectivity index (χ1v) is 9.51. The summed E-state index contributed by atoms with van der Waals surface area (Å²) < 4.78 is 0. The molecular weight excluding hydrogens is 310 g/mol. The Morgan fingerprint density at radius 3 is 1.39 bits per heavy atom. The molecule has 0 aliphatic heterocycles. The summed E-state index contributed by atoms with van der Waals surface area (Å²) in [6, 6.07) is 0. The van der Waals surface area contributed by atoms with Crippen LogP contribution in [0.15, 0.2) is 12.7 Å². The van der Waals surface area contributed by atoms with E-state index in [-0.39, 0.29) is 25.6 Å². The third kappa shape index (κ3) is 19.9. The molecule has 0 unspecified atom stereocenters. The van der Waals surface area contributed by atoms with E-state index in [1.54, 1.807) is 0 Å². The van der Waals surface area contributed by atoms with Gasteiger partial charge in [0.1, 0.15) is 13.1 Å². The topological polar surface area (TPSA) is 44.9 Å². The maximum absolute atomic E-state index is 8.96. The minimum absolute atomic E-state index is 0. The molecule has 0 saturated heterocycles. The quantitative estimate of drug-likeness (QED) is 0.235. The second-order valence-electron chi connectivity index (χ2n) is 6.41. The summed E-state index contributed by atoms with van der Waals surface area (Å²) in [4.78, 5) is 1.33. The number of quaternary nitrogens is 1. The molecule has 0 aromatic carbocycles. The lowest BCUT2D eigenvalue weighted by atomic mass is 10.1. The van der Waals surface area contributed by atoms with Gasteiger partial charge in [-0.3, -0.25) is 0 Å². The van der Waals surface area contributed by atoms with Crippen molar-refractivity contribution in [1.29, 1.82) is 0 Å². The summed E-state index contributed by atoms with van der Waals surface area (Å²) in [6.07, 6.45) is 18.1. The van der Waals surface area contributed by atoms with Gasteiger partial charge in [0.25, 0.3) is 0 Å². The van der Waals surface area contributed by atoms with Gasteiger partial charge < -0.3 is 27.5 Å². The van der Waals surface area contributed by atoms with Crippen LogP contribution >= 0.6 is 0 Å². The van der Waals surface area contributed by atoms with Gasteiger partial charge in [-0.05, 0) is 25.7 Å². The van der Waals surface area contributed by atoms with Crippen molar-refractivity contribution in [2.45, 2.75) is 77.0 Å². The van der Waals surface area contributed by atoms with E-state index in [1.165, 1.54) is 81.9 Å². The third-order valence-electron chi connectivity index (χ3n) is 4.37. The molecule has 0 heterocycles. The fourth-order valence-corrected chi connectivity index (χ4v) is 2.95. The number of unbranched alkanes of at least 4 members (excludes halogenated alkanes) is 11. The normalized spacial score (nSPS) is 10.7. The SMILES string of the molecule is C=CCCCCCCCCCCCCC[NH+](CCO)CCO.[Cl-]. The fourth-order valence-electron chi connectivity index (χ4n) is 2.95. The third-order valence-corrected chi connectivity index (χ3v) is 4.37. The summed E-state index contributed by atoms with van der Waals surface area (Å²) in [5.74, 6) is 0. The van der Waals surface area contributed by atoms with Gasteiger partial charge in [-0.2, -0.15) is 0 Å². The van der Waals surface area contributed by atoms with Crippen LogP contribution in [0.1, 0.15) is 77.0 Å². The van der Waals surface area contributed by atoms with Gasteiger partial charge in [-0.1, -0.05) is 57.4 Å². The van der Waals surface area contributed by atoms with Gasteiger partial charge in [0.2, 0.25) is 0 Å². The van der Waals surface area contributed by atoms with Crippen molar-refractivity contribution in [3.63, 3.8) is 0 Å². The molecule has 0 aliphatic carbocycles. The van der Waals surface area contributed by atoms with E-state index in [4.69, 9.17) is 10.2 Å². The zero-order chi connectivity index (χ0) is 16.3. The first kappa shape index (κ1) is 25.2. The molecule has 0 bridgehead atoms. The highest BCUT2D eigenvalue weighted by molar-refractivity contribution is 4.65. The lowest BCUT2D eigenvalue weighted by molar-refractivity contribution is -0.901. The summed E-state index contributed by atoms with van der Waals surface area (Å²) in [7, 11) is 0. The molecule has 23 heavy (non-hydrogen) atoms. The van der Waals surface area contributed by atoms with Crippen molar-refractivity contribution in [2.24, 2.45) is 0 Å². The maximum atomic E-state index is 8.96. The number of aliphatic hydroxyl groups excluding tert-OH is 2. The van der Waals surface area contributed by atoms with Crippen LogP contribution in [-0.2, 0) is 0 Å². The molecule has 0 fully saturated rings. The predicted molar refractivity (Wildman–Crippen MR) is 95.3 cm³/mol. The molecule has 3 N–H and O–H groups in total. The van der Waals surface area contributed by atoms with Crippen LogP contribution in [0.25, 0.3) is 0 Å². The van der Waals surface area contributed by atoms with Gasteiger partial charge in [-0.25, -0.2) is 0 Å². The Bertz CT molecular complexity index is 221. The Kier molecular flexibility index (Phi) is 24.0. The van der Waals surface area contributed by atoms with E-state index in [0.29, 0.717) is 0 Å². The van der Waals surface area contributed by atoms with E-state index >= 15 is 0 Å². The first-order chi connectivity index (χ1) is 10.8. The van der Waals surface area contributed by atoms with Crippen LogP contribution in [-0.4, -0.2) is 43.1 Å². The Morgan fingerprint density at radius 2 is 1.00 bits per heavy atom. The zero-order valence-corrected chi connectivity index (χ0v) is 15.8. The largest absolute Gasteiger partial charge is 1.00 e. The van der Waals surface area contributed by atoms with Gasteiger partial charge in [-0.15, -0.1) is 6.58 Å². The molecule has 4 heteroatoms. The standard InChI is InChI=1S/C19H39NO2.ClH/c1-2-3-4-5-6-7-8-9-10-11-12-13-14-15-20(16-18-21)17-19-22;/h2,21-22H,1,3-19H2;1H. The summed E-state index contributed by atoms with van der Waals surface area (Å²) in [5, 5.41) is 17.9. The van der Waals surface area contributed by atoms with Crippen molar-refractivity contribution in [3.8, 4) is 0 Å². The maximum Gasteiger partial charge on any atom is 0.101 e. The van der Waals surface area contributed by atoms with Gasteiger partial charge >= 0.3 is 0 Å². The second-order valence-corrected chi connectivity index (χ2v) is 6.41. The fraction of sp³-hybridized carbons (Fsp3) is 0.895. The Balaban J connectivity index is 0. The second kappa shape index (κ2) is 21.9. The van der Waals surface area contributed by atoms with E-state index in [0.717, 1.165) is 19.6 Å². The highest BCUT2D eigenvalue weighted by Crippen LogP contribution is 2.11. The Labute approximate surface area is 150 Å². The Morgan fingerprint density at radius 1 is 0.609 bits per heavy atom. The van der Waals surface area contributed by atoms with Crippen LogP contribution in [0.3, 0.4) is 0 Å². The van der Waals surface area contributed by atoms with Crippen LogP contribution < -0.4 is 17.3 Å². The lowest BCUT2D eigenvalue weighted by Gasteiger charge is -2.17. The van der Waals surface area contributed by atoms with Crippen molar-refractivity contribution in [2.75, 3.05) is 32.8 Å². The number of hydrogen-bond donors (Lipinski definition) is 3. The van der Waals surface area contributed by atoms with Crippen molar-refractivity contribution in [1.82, 2.24) is 0 Å². The Hall–Kier alpha value is -0.0900. The molecule has 0 aliphatic rings. The monoisotopic (exact) mass is 349 g/mol. The molecule has 0 rings (SSSR count). The minimum atomic E-state index is 0. The molecule has 0 aromatic heterocycles. The predicted octanol–water partition coefficient (Wildman–Crippen LogP) is -0.273. The first-order valence-electron chi connectivity index (χ1n) is 9.51. The number of nitrogens with one attached hydrogen (secondary N) is 1. The van der Waals surface area contributed by atoms with Gasteiger partial charge in [0, 0.05) is 0 Å². The van der Waals surface area contributed by atoms with Crippen molar-refractivity contribution >= 4 is 0 Å². The summed E-state index contributed by atoms with van der Waals surface area (Å²) in [5.41, 5.74) is 0. The highest BCUT2D eigenvalue weighted by Gasteiger charge is 2.05.